The van der Waals surface area contributed by atoms with Crippen molar-refractivity contribution >= 4 is 5.97 Å². The number of aryl methyl sites for hydroxylation is 1. The Kier molecular flexibility index (Phi) is 4.29. The highest BCUT2D eigenvalue weighted by Crippen LogP contribution is 2.11. The Morgan fingerprint density at radius 1 is 1.35 bits per heavy atom. The van der Waals surface area contributed by atoms with Crippen LogP contribution in [0.5, 0.6) is 5.88 Å². The van der Waals surface area contributed by atoms with Gasteiger partial charge in [-0.3, -0.25) is 0 Å². The summed E-state index contributed by atoms with van der Waals surface area (Å²) in [4.78, 5) is 15.9. The summed E-state index contributed by atoms with van der Waals surface area (Å²) in [5.41, 5.74) is 0.916. The van der Waals surface area contributed by atoms with E-state index in [4.69, 9.17) is 9.47 Å². The Labute approximate surface area is 116 Å². The topological polar surface area (TPSA) is 79.1 Å². The van der Waals surface area contributed by atoms with E-state index in [0.717, 1.165) is 5.56 Å². The highest BCUT2D eigenvalue weighted by Gasteiger charge is 2.18. The normalized spacial score (nSPS) is 10.3. The lowest BCUT2D eigenvalue weighted by Crippen LogP contribution is -2.15. The molecule has 0 N–H and O–H groups in total. The molecule has 106 valence electrons. The average molecular weight is 276 g/mol. The zero-order chi connectivity index (χ0) is 14.5. The third-order valence-electron chi connectivity index (χ3n) is 2.74. The zero-order valence-electron chi connectivity index (χ0n) is 11.7. The molecule has 0 spiro atoms. The molecule has 0 aliphatic carbocycles. The summed E-state index contributed by atoms with van der Waals surface area (Å²) < 4.78 is 11.7. The summed E-state index contributed by atoms with van der Waals surface area (Å²) in [7, 11) is 1.56. The maximum Gasteiger partial charge on any atom is 0.376 e. The highest BCUT2D eigenvalue weighted by atomic mass is 16.5. The van der Waals surface area contributed by atoms with Gasteiger partial charge in [0.25, 0.3) is 0 Å². The molecular formula is C13H16N4O3. The summed E-state index contributed by atoms with van der Waals surface area (Å²) in [6.45, 7) is 4.28. The molecule has 0 saturated carbocycles. The highest BCUT2D eigenvalue weighted by molar-refractivity contribution is 5.85. The molecule has 2 heterocycles. The molecule has 0 amide bonds. The van der Waals surface area contributed by atoms with Gasteiger partial charge in [0.1, 0.15) is 5.82 Å². The van der Waals surface area contributed by atoms with Crippen molar-refractivity contribution in [3.63, 3.8) is 0 Å². The molecule has 2 aromatic heterocycles. The maximum atomic E-state index is 11.8. The number of pyridine rings is 1. The zero-order valence-corrected chi connectivity index (χ0v) is 11.7. The Balaban J connectivity index is 2.23. The second-order valence-electron chi connectivity index (χ2n) is 4.09. The van der Waals surface area contributed by atoms with Crippen LogP contribution in [-0.4, -0.2) is 39.4 Å². The van der Waals surface area contributed by atoms with Crippen LogP contribution in [0.3, 0.4) is 0 Å². The van der Waals surface area contributed by atoms with Gasteiger partial charge in [0.15, 0.2) is 0 Å². The van der Waals surface area contributed by atoms with Crippen molar-refractivity contribution < 1.29 is 14.3 Å². The largest absolute Gasteiger partial charge is 0.481 e. The Bertz CT molecular complexity index is 592. The van der Waals surface area contributed by atoms with Crippen LogP contribution in [-0.2, 0) is 11.3 Å². The van der Waals surface area contributed by atoms with E-state index >= 15 is 0 Å². The monoisotopic (exact) mass is 276 g/mol. The van der Waals surface area contributed by atoms with Crippen molar-refractivity contribution in [3.8, 4) is 5.88 Å². The number of carbonyl (C=O) groups is 1. The van der Waals surface area contributed by atoms with Gasteiger partial charge in [-0.25, -0.2) is 9.78 Å². The molecule has 7 nitrogen and oxygen atoms in total. The molecule has 0 atom stereocenters. The molecule has 0 aliphatic heterocycles. The molecule has 2 rings (SSSR count). The van der Waals surface area contributed by atoms with Gasteiger partial charge in [-0.15, -0.1) is 10.2 Å². The quantitative estimate of drug-likeness (QED) is 0.764. The number of nitrogens with zero attached hydrogens (tertiary/aromatic N) is 4. The van der Waals surface area contributed by atoms with Crippen LogP contribution in [0.15, 0.2) is 18.3 Å². The number of methoxy groups -OCH3 is 1. The fraction of sp³-hybridized carbons (Fsp3) is 0.385. The van der Waals surface area contributed by atoms with Crippen molar-refractivity contribution in [1.82, 2.24) is 19.7 Å². The van der Waals surface area contributed by atoms with E-state index < -0.39 is 5.97 Å². The summed E-state index contributed by atoms with van der Waals surface area (Å²) in [6, 6.07) is 3.64. The van der Waals surface area contributed by atoms with E-state index in [0.29, 0.717) is 24.9 Å². The number of esters is 1. The van der Waals surface area contributed by atoms with Gasteiger partial charge in [0, 0.05) is 12.3 Å². The fourth-order valence-corrected chi connectivity index (χ4v) is 1.72. The minimum atomic E-state index is -0.477. The smallest absolute Gasteiger partial charge is 0.376 e. The van der Waals surface area contributed by atoms with Crippen LogP contribution in [0.1, 0.15) is 28.9 Å². The third-order valence-corrected chi connectivity index (χ3v) is 2.74. The molecule has 0 aliphatic rings. The summed E-state index contributed by atoms with van der Waals surface area (Å²) in [5.74, 6) is 0.901. The van der Waals surface area contributed by atoms with Crippen molar-refractivity contribution in [2.24, 2.45) is 0 Å². The minimum absolute atomic E-state index is 0.195. The molecule has 0 bridgehead atoms. The van der Waals surface area contributed by atoms with Crippen LogP contribution in [0, 0.1) is 6.92 Å². The molecule has 0 aromatic carbocycles. The van der Waals surface area contributed by atoms with Crippen LogP contribution in [0.2, 0.25) is 0 Å². The van der Waals surface area contributed by atoms with Crippen LogP contribution in [0.25, 0.3) is 0 Å². The number of carbonyl (C=O) groups excluding carboxylic acids is 1. The molecule has 7 heteroatoms. The molecule has 0 fully saturated rings. The van der Waals surface area contributed by atoms with E-state index in [2.05, 4.69) is 15.2 Å². The van der Waals surface area contributed by atoms with Crippen molar-refractivity contribution in [2.75, 3.05) is 13.7 Å². The maximum absolute atomic E-state index is 11.8. The molecule has 2 aromatic rings. The lowest BCUT2D eigenvalue weighted by atomic mass is 10.3. The number of ether oxygens (including phenoxy) is 2. The second-order valence-corrected chi connectivity index (χ2v) is 4.09. The van der Waals surface area contributed by atoms with Gasteiger partial charge in [-0.2, -0.15) is 0 Å². The van der Waals surface area contributed by atoms with Crippen LogP contribution in [0.4, 0.5) is 0 Å². The van der Waals surface area contributed by atoms with E-state index in [-0.39, 0.29) is 5.82 Å². The predicted molar refractivity (Wildman–Crippen MR) is 70.6 cm³/mol. The summed E-state index contributed by atoms with van der Waals surface area (Å²) in [6.07, 6.45) is 1.69. The van der Waals surface area contributed by atoms with E-state index in [1.807, 2.05) is 6.07 Å². The molecule has 0 saturated heterocycles. The minimum Gasteiger partial charge on any atom is -0.481 e. The van der Waals surface area contributed by atoms with Crippen LogP contribution < -0.4 is 4.74 Å². The fourth-order valence-electron chi connectivity index (χ4n) is 1.72. The second kappa shape index (κ2) is 6.14. The van der Waals surface area contributed by atoms with E-state index in [1.54, 1.807) is 37.8 Å². The van der Waals surface area contributed by atoms with Gasteiger partial charge >= 0.3 is 5.97 Å². The van der Waals surface area contributed by atoms with Crippen molar-refractivity contribution in [1.29, 1.82) is 0 Å². The first kappa shape index (κ1) is 14.0. The van der Waals surface area contributed by atoms with Gasteiger partial charge in [-0.05, 0) is 19.4 Å². The first-order valence-electron chi connectivity index (χ1n) is 6.21. The first-order chi connectivity index (χ1) is 9.65. The SMILES string of the molecule is CCOC(=O)c1nnc(C)n1Cc1ccc(OC)nc1. The molecule has 0 unspecified atom stereocenters. The Morgan fingerprint density at radius 2 is 2.15 bits per heavy atom. The Hall–Kier alpha value is -2.44. The standard InChI is InChI=1S/C13H16N4O3/c1-4-20-13(18)12-16-15-9(2)17(12)8-10-5-6-11(19-3)14-7-10/h5-7H,4,8H2,1-3H3. The van der Waals surface area contributed by atoms with Gasteiger partial charge in [0.05, 0.1) is 20.3 Å². The van der Waals surface area contributed by atoms with Crippen LogP contribution >= 0.6 is 0 Å². The van der Waals surface area contributed by atoms with E-state index in [9.17, 15) is 4.79 Å². The number of hydrogen-bond donors (Lipinski definition) is 0. The van der Waals surface area contributed by atoms with Gasteiger partial charge in [-0.1, -0.05) is 6.07 Å². The molecule has 20 heavy (non-hydrogen) atoms. The van der Waals surface area contributed by atoms with Crippen molar-refractivity contribution in [2.45, 2.75) is 20.4 Å². The Morgan fingerprint density at radius 3 is 2.75 bits per heavy atom. The van der Waals surface area contributed by atoms with E-state index in [1.165, 1.54) is 0 Å². The lowest BCUT2D eigenvalue weighted by Gasteiger charge is -2.08. The molecule has 0 radical (unpaired) electrons. The first-order valence-corrected chi connectivity index (χ1v) is 6.21. The summed E-state index contributed by atoms with van der Waals surface area (Å²) in [5, 5.41) is 7.77. The molecular weight excluding hydrogens is 260 g/mol. The number of rotatable bonds is 5. The summed E-state index contributed by atoms with van der Waals surface area (Å²) >= 11 is 0. The van der Waals surface area contributed by atoms with Crippen molar-refractivity contribution in [3.05, 3.63) is 35.5 Å². The lowest BCUT2D eigenvalue weighted by molar-refractivity contribution is 0.0506. The predicted octanol–water partition coefficient (Wildman–Crippen LogP) is 1.22. The van der Waals surface area contributed by atoms with Gasteiger partial charge in [0.2, 0.25) is 11.7 Å². The van der Waals surface area contributed by atoms with Gasteiger partial charge < -0.3 is 14.0 Å². The number of aromatic nitrogens is 4. The number of hydrogen-bond acceptors (Lipinski definition) is 6. The average Bonchev–Trinajstić information content (AvgIpc) is 2.81. The third kappa shape index (κ3) is 2.93.